The highest BCUT2D eigenvalue weighted by Gasteiger charge is 2.17. The average molecular weight is 473 g/mol. The van der Waals surface area contributed by atoms with Crippen LogP contribution < -0.4 is 5.32 Å². The highest BCUT2D eigenvalue weighted by molar-refractivity contribution is 8.00. The van der Waals surface area contributed by atoms with Gasteiger partial charge in [0.2, 0.25) is 5.91 Å². The Kier molecular flexibility index (Phi) is 8.41. The van der Waals surface area contributed by atoms with Gasteiger partial charge in [0, 0.05) is 22.5 Å². The van der Waals surface area contributed by atoms with E-state index < -0.39 is 5.97 Å². The van der Waals surface area contributed by atoms with Crippen molar-refractivity contribution in [3.8, 4) is 0 Å². The molecule has 3 rings (SSSR count). The normalized spacial score (nSPS) is 10.4. The second-order valence-corrected chi connectivity index (χ2v) is 8.79. The Morgan fingerprint density at radius 3 is 2.53 bits per heavy atom. The van der Waals surface area contributed by atoms with Crippen LogP contribution >= 0.6 is 23.1 Å². The van der Waals surface area contributed by atoms with Crippen molar-refractivity contribution in [2.24, 2.45) is 0 Å². The van der Waals surface area contributed by atoms with Crippen molar-refractivity contribution in [2.45, 2.75) is 11.4 Å². The summed E-state index contributed by atoms with van der Waals surface area (Å²) in [6, 6.07) is 16.0. The number of halogens is 1. The predicted molar refractivity (Wildman–Crippen MR) is 123 cm³/mol. The topological polar surface area (TPSA) is 75.7 Å². The highest BCUT2D eigenvalue weighted by Crippen LogP contribution is 2.24. The number of benzene rings is 2. The lowest BCUT2D eigenvalue weighted by molar-refractivity contribution is -0.133. The monoisotopic (exact) mass is 472 g/mol. The molecule has 2 amide bonds. The summed E-state index contributed by atoms with van der Waals surface area (Å²) in [5.74, 6) is -1.58. The number of hydrogen-bond donors (Lipinski definition) is 1. The average Bonchev–Trinajstić information content (AvgIpc) is 3.30. The van der Waals surface area contributed by atoms with Crippen molar-refractivity contribution < 1.29 is 23.5 Å². The molecular formula is C23H21FN2O4S2. The standard InChI is InChI=1S/C23H21FN2O4S2/c1-26(13-18-5-4-12-31-18)22(28)14-30-23(29)19-6-2-3-7-20(19)32-15-21(27)25-17-10-8-16(24)9-11-17/h2-12H,13-15H2,1H3,(H,25,27). The number of nitrogens with zero attached hydrogens (tertiary/aromatic N) is 1. The molecule has 0 atom stereocenters. The molecule has 0 aliphatic rings. The number of carbonyl (C=O) groups is 3. The van der Waals surface area contributed by atoms with E-state index in [0.717, 1.165) is 4.88 Å². The lowest BCUT2D eigenvalue weighted by Gasteiger charge is -2.16. The maximum atomic E-state index is 13.0. The molecule has 0 spiro atoms. The Balaban J connectivity index is 1.52. The van der Waals surface area contributed by atoms with Crippen molar-refractivity contribution in [2.75, 3.05) is 24.7 Å². The van der Waals surface area contributed by atoms with Gasteiger partial charge >= 0.3 is 5.97 Å². The molecule has 32 heavy (non-hydrogen) atoms. The summed E-state index contributed by atoms with van der Waals surface area (Å²) in [6.07, 6.45) is 0. The van der Waals surface area contributed by atoms with E-state index in [1.807, 2.05) is 17.5 Å². The SMILES string of the molecule is CN(Cc1cccs1)C(=O)COC(=O)c1ccccc1SCC(=O)Nc1ccc(F)cc1. The van der Waals surface area contributed by atoms with E-state index in [4.69, 9.17) is 4.74 Å². The van der Waals surface area contributed by atoms with Crippen LogP contribution in [0, 0.1) is 5.82 Å². The number of rotatable bonds is 9. The Bertz CT molecular complexity index is 1070. The zero-order valence-corrected chi connectivity index (χ0v) is 18.9. The predicted octanol–water partition coefficient (Wildman–Crippen LogP) is 4.43. The molecule has 0 saturated carbocycles. The summed E-state index contributed by atoms with van der Waals surface area (Å²) in [4.78, 5) is 40.1. The molecule has 1 aromatic heterocycles. The van der Waals surface area contributed by atoms with Crippen molar-refractivity contribution in [1.82, 2.24) is 4.90 Å². The molecule has 1 N–H and O–H groups in total. The molecule has 0 bridgehead atoms. The molecular weight excluding hydrogens is 451 g/mol. The minimum Gasteiger partial charge on any atom is -0.452 e. The van der Waals surface area contributed by atoms with Crippen LogP contribution in [0.2, 0.25) is 0 Å². The van der Waals surface area contributed by atoms with Crippen LogP contribution in [-0.2, 0) is 20.9 Å². The molecule has 0 unspecified atom stereocenters. The first-order chi connectivity index (χ1) is 15.4. The van der Waals surface area contributed by atoms with Crippen molar-refractivity contribution in [1.29, 1.82) is 0 Å². The maximum absolute atomic E-state index is 13.0. The number of amides is 2. The van der Waals surface area contributed by atoms with Gasteiger partial charge in [-0.3, -0.25) is 9.59 Å². The van der Waals surface area contributed by atoms with Gasteiger partial charge in [0.15, 0.2) is 6.61 Å². The van der Waals surface area contributed by atoms with Gasteiger partial charge in [0.25, 0.3) is 5.91 Å². The second kappa shape index (κ2) is 11.4. The summed E-state index contributed by atoms with van der Waals surface area (Å²) in [5.41, 5.74) is 0.760. The van der Waals surface area contributed by atoms with E-state index in [9.17, 15) is 18.8 Å². The fourth-order valence-corrected chi connectivity index (χ4v) is 4.27. The number of likely N-dealkylation sites (N-methyl/N-ethyl adjacent to an activating group) is 1. The number of ether oxygens (including phenoxy) is 1. The Morgan fingerprint density at radius 2 is 1.81 bits per heavy atom. The molecule has 0 radical (unpaired) electrons. The van der Waals surface area contributed by atoms with Gasteiger partial charge in [-0.15, -0.1) is 23.1 Å². The van der Waals surface area contributed by atoms with E-state index in [-0.39, 0.29) is 35.6 Å². The van der Waals surface area contributed by atoms with Gasteiger partial charge < -0.3 is 15.0 Å². The van der Waals surface area contributed by atoms with Crippen LogP contribution in [0.5, 0.6) is 0 Å². The van der Waals surface area contributed by atoms with Crippen LogP contribution in [-0.4, -0.2) is 42.1 Å². The zero-order chi connectivity index (χ0) is 22.9. The van der Waals surface area contributed by atoms with Crippen molar-refractivity contribution in [3.05, 3.63) is 82.3 Å². The van der Waals surface area contributed by atoms with Crippen LogP contribution in [0.1, 0.15) is 15.2 Å². The number of carbonyl (C=O) groups excluding carboxylic acids is 3. The lowest BCUT2D eigenvalue weighted by atomic mass is 10.2. The quantitative estimate of drug-likeness (QED) is 0.368. The van der Waals surface area contributed by atoms with E-state index in [0.29, 0.717) is 17.1 Å². The third-order valence-electron chi connectivity index (χ3n) is 4.32. The molecule has 9 heteroatoms. The van der Waals surface area contributed by atoms with Gasteiger partial charge in [-0.05, 0) is 47.8 Å². The Morgan fingerprint density at radius 1 is 1.06 bits per heavy atom. The molecule has 2 aromatic carbocycles. The zero-order valence-electron chi connectivity index (χ0n) is 17.2. The fourth-order valence-electron chi connectivity index (χ4n) is 2.67. The lowest BCUT2D eigenvalue weighted by Crippen LogP contribution is -2.30. The third kappa shape index (κ3) is 6.93. The molecule has 0 fully saturated rings. The van der Waals surface area contributed by atoms with Crippen LogP contribution in [0.4, 0.5) is 10.1 Å². The van der Waals surface area contributed by atoms with E-state index in [1.54, 1.807) is 42.6 Å². The van der Waals surface area contributed by atoms with Gasteiger partial charge in [-0.2, -0.15) is 0 Å². The smallest absolute Gasteiger partial charge is 0.339 e. The molecule has 0 aliphatic carbocycles. The molecule has 6 nitrogen and oxygen atoms in total. The van der Waals surface area contributed by atoms with E-state index in [1.165, 1.54) is 40.9 Å². The van der Waals surface area contributed by atoms with Crippen LogP contribution in [0.25, 0.3) is 0 Å². The van der Waals surface area contributed by atoms with Crippen LogP contribution in [0.15, 0.2) is 70.9 Å². The summed E-state index contributed by atoms with van der Waals surface area (Å²) in [5, 5.41) is 4.60. The minimum atomic E-state index is -0.634. The largest absolute Gasteiger partial charge is 0.452 e. The number of thiophene rings is 1. The minimum absolute atomic E-state index is 0.0458. The van der Waals surface area contributed by atoms with Crippen molar-refractivity contribution >= 4 is 46.6 Å². The van der Waals surface area contributed by atoms with Gasteiger partial charge in [-0.25, -0.2) is 9.18 Å². The van der Waals surface area contributed by atoms with Gasteiger partial charge in [0.1, 0.15) is 5.82 Å². The highest BCUT2D eigenvalue weighted by atomic mass is 32.2. The Hall–Kier alpha value is -3.17. The second-order valence-electron chi connectivity index (χ2n) is 6.75. The first-order valence-corrected chi connectivity index (χ1v) is 11.5. The first kappa shape index (κ1) is 23.5. The number of thioether (sulfide) groups is 1. The molecule has 1 heterocycles. The molecule has 0 saturated heterocycles. The van der Waals surface area contributed by atoms with E-state index in [2.05, 4.69) is 5.32 Å². The number of esters is 1. The van der Waals surface area contributed by atoms with Gasteiger partial charge in [-0.1, -0.05) is 18.2 Å². The van der Waals surface area contributed by atoms with E-state index >= 15 is 0 Å². The summed E-state index contributed by atoms with van der Waals surface area (Å²) in [6.45, 7) is 0.0778. The molecule has 166 valence electrons. The summed E-state index contributed by atoms with van der Waals surface area (Å²) < 4.78 is 18.2. The fraction of sp³-hybridized carbons (Fsp3) is 0.174. The summed E-state index contributed by atoms with van der Waals surface area (Å²) >= 11 is 2.72. The van der Waals surface area contributed by atoms with Gasteiger partial charge in [0.05, 0.1) is 17.9 Å². The number of anilines is 1. The summed E-state index contributed by atoms with van der Waals surface area (Å²) in [7, 11) is 1.65. The van der Waals surface area contributed by atoms with Crippen molar-refractivity contribution in [3.63, 3.8) is 0 Å². The first-order valence-electron chi connectivity index (χ1n) is 9.63. The molecule has 0 aliphatic heterocycles. The molecule has 3 aromatic rings. The third-order valence-corrected chi connectivity index (χ3v) is 6.25. The number of hydrogen-bond acceptors (Lipinski definition) is 6. The number of nitrogens with one attached hydrogen (secondary N) is 1. The Labute approximate surface area is 193 Å². The van der Waals surface area contributed by atoms with Crippen LogP contribution in [0.3, 0.4) is 0 Å². The maximum Gasteiger partial charge on any atom is 0.339 e.